The number of carbonyl (C=O) groups is 1. The van der Waals surface area contributed by atoms with Gasteiger partial charge in [0.1, 0.15) is 0 Å². The lowest BCUT2D eigenvalue weighted by molar-refractivity contribution is 0.146. The lowest BCUT2D eigenvalue weighted by Crippen LogP contribution is -2.00. The largest absolute Gasteiger partial charge is 0.512 e. The monoisotopic (exact) mass is 222 g/mol. The van der Waals surface area contributed by atoms with Crippen molar-refractivity contribution in [2.45, 2.75) is 0 Å². The first-order chi connectivity index (χ1) is 4.68. The van der Waals surface area contributed by atoms with Crippen LogP contribution in [0.4, 0.5) is 4.79 Å². The summed E-state index contributed by atoms with van der Waals surface area (Å²) >= 11 is 4.40. The van der Waals surface area contributed by atoms with Crippen LogP contribution in [-0.4, -0.2) is 11.3 Å². The summed E-state index contributed by atoms with van der Waals surface area (Å²) in [6, 6.07) is 3.31. The van der Waals surface area contributed by atoms with E-state index < -0.39 is 6.16 Å². The summed E-state index contributed by atoms with van der Waals surface area (Å²) in [4.78, 5) is 9.95. The molecule has 0 aliphatic rings. The van der Waals surface area contributed by atoms with Gasteiger partial charge in [-0.25, -0.2) is 4.79 Å². The van der Waals surface area contributed by atoms with E-state index in [0.29, 0.717) is 5.06 Å². The van der Waals surface area contributed by atoms with Crippen molar-refractivity contribution in [2.24, 2.45) is 0 Å². The van der Waals surface area contributed by atoms with Crippen LogP contribution in [-0.2, 0) is 0 Å². The summed E-state index contributed by atoms with van der Waals surface area (Å²) in [5.74, 6) is 0. The Labute approximate surface area is 69.4 Å². The van der Waals surface area contributed by atoms with Crippen molar-refractivity contribution in [3.8, 4) is 5.06 Å². The molecule has 1 rings (SSSR count). The van der Waals surface area contributed by atoms with E-state index in [4.69, 9.17) is 5.11 Å². The van der Waals surface area contributed by atoms with Crippen molar-refractivity contribution in [3.05, 3.63) is 15.9 Å². The quantitative estimate of drug-likeness (QED) is 0.744. The molecule has 3 nitrogen and oxygen atoms in total. The third-order valence-electron chi connectivity index (χ3n) is 0.736. The standard InChI is InChI=1S/C5H3BrO3S/c6-3-1-2-4(10-3)9-5(7)8/h1-2H,(H,7,8). The molecule has 0 aromatic carbocycles. The Morgan fingerprint density at radius 2 is 2.40 bits per heavy atom. The molecule has 0 bridgehead atoms. The van der Waals surface area contributed by atoms with Crippen LogP contribution >= 0.6 is 27.3 Å². The van der Waals surface area contributed by atoms with Crippen LogP contribution in [0.5, 0.6) is 5.06 Å². The highest BCUT2D eigenvalue weighted by atomic mass is 79.9. The van der Waals surface area contributed by atoms with Crippen LogP contribution in [0.3, 0.4) is 0 Å². The smallest absolute Gasteiger partial charge is 0.449 e. The molecular weight excluding hydrogens is 220 g/mol. The Balaban J connectivity index is 2.67. The van der Waals surface area contributed by atoms with Gasteiger partial charge in [-0.1, -0.05) is 11.3 Å². The maximum Gasteiger partial charge on any atom is 0.512 e. The maximum absolute atomic E-state index is 9.95. The van der Waals surface area contributed by atoms with Crippen molar-refractivity contribution in [3.63, 3.8) is 0 Å². The van der Waals surface area contributed by atoms with Gasteiger partial charge in [-0.3, -0.25) is 0 Å². The van der Waals surface area contributed by atoms with E-state index in [-0.39, 0.29) is 0 Å². The highest BCUT2D eigenvalue weighted by Crippen LogP contribution is 2.28. The van der Waals surface area contributed by atoms with Crippen molar-refractivity contribution < 1.29 is 14.6 Å². The summed E-state index contributed by atoms with van der Waals surface area (Å²) in [6.45, 7) is 0. The van der Waals surface area contributed by atoms with Crippen LogP contribution in [0.25, 0.3) is 0 Å². The Morgan fingerprint density at radius 3 is 2.80 bits per heavy atom. The second kappa shape index (κ2) is 3.03. The van der Waals surface area contributed by atoms with Gasteiger partial charge < -0.3 is 9.84 Å². The first-order valence-corrected chi connectivity index (χ1v) is 3.95. The minimum atomic E-state index is -1.28. The molecule has 0 amide bonds. The average Bonchev–Trinajstić information content (AvgIpc) is 2.13. The Kier molecular flexibility index (Phi) is 2.29. The van der Waals surface area contributed by atoms with E-state index in [2.05, 4.69) is 20.7 Å². The summed E-state index contributed by atoms with van der Waals surface area (Å²) < 4.78 is 5.19. The fourth-order valence-corrected chi connectivity index (χ4v) is 1.63. The van der Waals surface area contributed by atoms with Gasteiger partial charge in [-0.15, -0.1) is 0 Å². The minimum absolute atomic E-state index is 0.374. The molecule has 0 atom stereocenters. The van der Waals surface area contributed by atoms with Crippen molar-refractivity contribution in [1.82, 2.24) is 0 Å². The molecule has 5 heteroatoms. The predicted molar refractivity (Wildman–Crippen MR) is 40.7 cm³/mol. The topological polar surface area (TPSA) is 46.5 Å². The number of carboxylic acid groups (broad SMARTS) is 1. The highest BCUT2D eigenvalue weighted by molar-refractivity contribution is 9.11. The van der Waals surface area contributed by atoms with Gasteiger partial charge in [-0.2, -0.15) is 0 Å². The molecule has 1 aromatic heterocycles. The molecule has 1 N–H and O–H groups in total. The van der Waals surface area contributed by atoms with E-state index in [1.165, 1.54) is 11.3 Å². The van der Waals surface area contributed by atoms with Crippen molar-refractivity contribution in [2.75, 3.05) is 0 Å². The molecule has 0 radical (unpaired) electrons. The summed E-state index contributed by atoms with van der Waals surface area (Å²) in [7, 11) is 0. The Morgan fingerprint density at radius 1 is 1.70 bits per heavy atom. The van der Waals surface area contributed by atoms with Gasteiger partial charge in [0.25, 0.3) is 0 Å². The van der Waals surface area contributed by atoms with E-state index in [1.54, 1.807) is 12.1 Å². The van der Waals surface area contributed by atoms with Gasteiger partial charge in [-0.05, 0) is 28.1 Å². The number of ether oxygens (including phenoxy) is 1. The summed E-state index contributed by atoms with van der Waals surface area (Å²) in [6.07, 6.45) is -1.28. The Bertz CT molecular complexity index is 245. The number of halogens is 1. The molecular formula is C5H3BrO3S. The lowest BCUT2D eigenvalue weighted by atomic mass is 10.7. The van der Waals surface area contributed by atoms with E-state index >= 15 is 0 Å². The van der Waals surface area contributed by atoms with Gasteiger partial charge in [0.05, 0.1) is 3.79 Å². The van der Waals surface area contributed by atoms with Crippen LogP contribution in [0.15, 0.2) is 15.9 Å². The fraction of sp³-hybridized carbons (Fsp3) is 0. The van der Waals surface area contributed by atoms with Crippen molar-refractivity contribution in [1.29, 1.82) is 0 Å². The maximum atomic E-state index is 9.95. The number of thiophene rings is 1. The normalized spacial score (nSPS) is 9.30. The zero-order valence-electron chi connectivity index (χ0n) is 4.70. The van der Waals surface area contributed by atoms with Crippen LogP contribution in [0.2, 0.25) is 0 Å². The molecule has 10 heavy (non-hydrogen) atoms. The second-order valence-electron chi connectivity index (χ2n) is 1.43. The third kappa shape index (κ3) is 2.00. The molecule has 0 fully saturated rings. The number of hydrogen-bond acceptors (Lipinski definition) is 3. The van der Waals surface area contributed by atoms with E-state index in [0.717, 1.165) is 3.79 Å². The van der Waals surface area contributed by atoms with Gasteiger partial charge in [0.15, 0.2) is 5.06 Å². The first-order valence-electron chi connectivity index (χ1n) is 2.34. The number of hydrogen-bond donors (Lipinski definition) is 1. The minimum Gasteiger partial charge on any atom is -0.449 e. The molecule has 0 aliphatic heterocycles. The zero-order chi connectivity index (χ0) is 7.56. The van der Waals surface area contributed by atoms with Gasteiger partial charge in [0.2, 0.25) is 0 Å². The van der Waals surface area contributed by atoms with E-state index in [9.17, 15) is 4.79 Å². The first kappa shape index (κ1) is 7.56. The van der Waals surface area contributed by atoms with Gasteiger partial charge in [0, 0.05) is 0 Å². The number of rotatable bonds is 1. The Hall–Kier alpha value is -0.550. The lowest BCUT2D eigenvalue weighted by Gasteiger charge is -1.90. The molecule has 0 saturated carbocycles. The highest BCUT2D eigenvalue weighted by Gasteiger charge is 2.02. The molecule has 0 saturated heterocycles. The summed E-state index contributed by atoms with van der Waals surface area (Å²) in [5.41, 5.74) is 0. The second-order valence-corrected chi connectivity index (χ2v) is 3.85. The molecule has 1 aromatic rings. The van der Waals surface area contributed by atoms with Crippen LogP contribution < -0.4 is 4.74 Å². The zero-order valence-corrected chi connectivity index (χ0v) is 7.11. The molecule has 1 heterocycles. The van der Waals surface area contributed by atoms with Crippen molar-refractivity contribution >= 4 is 33.4 Å². The average molecular weight is 223 g/mol. The molecule has 0 unspecified atom stereocenters. The molecule has 0 aliphatic carbocycles. The third-order valence-corrected chi connectivity index (χ3v) is 2.24. The fourth-order valence-electron chi connectivity index (χ4n) is 0.439. The van der Waals surface area contributed by atoms with Crippen LogP contribution in [0.1, 0.15) is 0 Å². The van der Waals surface area contributed by atoms with Crippen LogP contribution in [0, 0.1) is 0 Å². The summed E-state index contributed by atoms with van der Waals surface area (Å²) in [5, 5.41) is 8.52. The molecule has 54 valence electrons. The SMILES string of the molecule is O=C(O)Oc1ccc(Br)s1. The predicted octanol–water partition coefficient (Wildman–Crippen LogP) is 2.57. The van der Waals surface area contributed by atoms with E-state index in [1.807, 2.05) is 0 Å². The van der Waals surface area contributed by atoms with Gasteiger partial charge >= 0.3 is 6.16 Å². The molecule has 0 spiro atoms.